The molecule has 0 aliphatic carbocycles. The molecular formula is C10H11N5O. The molecule has 0 radical (unpaired) electrons. The van der Waals surface area contributed by atoms with E-state index in [0.29, 0.717) is 6.54 Å². The predicted molar refractivity (Wildman–Crippen MR) is 58.0 cm³/mol. The molecule has 0 aliphatic rings. The van der Waals surface area contributed by atoms with Crippen molar-refractivity contribution in [2.24, 2.45) is 0 Å². The highest BCUT2D eigenvalue weighted by Crippen LogP contribution is 2.14. The second-order valence-electron chi connectivity index (χ2n) is 3.12. The molecule has 1 aromatic heterocycles. The summed E-state index contributed by atoms with van der Waals surface area (Å²) in [6, 6.07) is 9.38. The van der Waals surface area contributed by atoms with Crippen molar-refractivity contribution in [3.05, 3.63) is 36.2 Å². The van der Waals surface area contributed by atoms with Gasteiger partial charge in [-0.2, -0.15) is 5.21 Å². The fourth-order valence-electron chi connectivity index (χ4n) is 1.42. The third kappa shape index (κ3) is 1.90. The Morgan fingerprint density at radius 1 is 1.38 bits per heavy atom. The number of hydrogen-bond donors (Lipinski definition) is 1. The summed E-state index contributed by atoms with van der Waals surface area (Å²) in [6.45, 7) is 2.45. The Morgan fingerprint density at radius 3 is 2.69 bits per heavy atom. The molecule has 16 heavy (non-hydrogen) atoms. The van der Waals surface area contributed by atoms with Gasteiger partial charge in [-0.1, -0.05) is 18.2 Å². The number of rotatable bonds is 3. The minimum Gasteiger partial charge on any atom is -0.306 e. The molecule has 0 spiro atoms. The first-order valence-electron chi connectivity index (χ1n) is 4.93. The lowest BCUT2D eigenvalue weighted by molar-refractivity contribution is 0.0978. The highest BCUT2D eigenvalue weighted by atomic mass is 16.2. The number of carbonyl (C=O) groups is 1. The zero-order valence-corrected chi connectivity index (χ0v) is 8.79. The molecule has 2 aromatic rings. The number of H-pyrrole nitrogens is 1. The maximum atomic E-state index is 12.0. The second kappa shape index (κ2) is 4.52. The largest absolute Gasteiger partial charge is 0.306 e. The van der Waals surface area contributed by atoms with Gasteiger partial charge in [0.15, 0.2) is 0 Å². The van der Waals surface area contributed by atoms with Gasteiger partial charge in [0, 0.05) is 12.2 Å². The van der Waals surface area contributed by atoms with Gasteiger partial charge >= 0.3 is 0 Å². The van der Waals surface area contributed by atoms with E-state index < -0.39 is 0 Å². The van der Waals surface area contributed by atoms with Crippen molar-refractivity contribution in [1.82, 2.24) is 20.6 Å². The van der Waals surface area contributed by atoms with Crippen molar-refractivity contribution in [2.45, 2.75) is 6.92 Å². The van der Waals surface area contributed by atoms with E-state index in [9.17, 15) is 4.79 Å². The Balaban J connectivity index is 2.27. The van der Waals surface area contributed by atoms with Gasteiger partial charge in [-0.25, -0.2) is 0 Å². The first-order chi connectivity index (χ1) is 7.83. The highest BCUT2D eigenvalue weighted by Gasteiger charge is 2.19. The molecule has 0 atom stereocenters. The summed E-state index contributed by atoms with van der Waals surface area (Å²) < 4.78 is 0. The molecule has 2 rings (SSSR count). The van der Waals surface area contributed by atoms with E-state index in [-0.39, 0.29) is 11.7 Å². The number of amides is 1. The van der Waals surface area contributed by atoms with Gasteiger partial charge in [0.1, 0.15) is 0 Å². The Morgan fingerprint density at radius 2 is 2.12 bits per heavy atom. The van der Waals surface area contributed by atoms with Crippen LogP contribution in [0, 0.1) is 0 Å². The Bertz CT molecular complexity index is 453. The van der Waals surface area contributed by atoms with Gasteiger partial charge in [-0.3, -0.25) is 4.79 Å². The monoisotopic (exact) mass is 217 g/mol. The van der Waals surface area contributed by atoms with Gasteiger partial charge in [0.25, 0.3) is 11.7 Å². The van der Waals surface area contributed by atoms with Crippen LogP contribution in [0.4, 0.5) is 5.69 Å². The van der Waals surface area contributed by atoms with E-state index in [4.69, 9.17) is 0 Å². The standard InChI is InChI=1S/C10H11N5O/c1-2-15(8-6-4-3-5-7-8)10(16)9-11-13-14-12-9/h3-7H,2H2,1H3,(H,11,12,13,14). The number of carbonyl (C=O) groups excluding carboxylic acids is 1. The third-order valence-electron chi connectivity index (χ3n) is 2.17. The van der Waals surface area contributed by atoms with Crippen molar-refractivity contribution in [1.29, 1.82) is 0 Å². The summed E-state index contributed by atoms with van der Waals surface area (Å²) in [4.78, 5) is 13.6. The van der Waals surface area contributed by atoms with Gasteiger partial charge < -0.3 is 4.90 Å². The predicted octanol–water partition coefficient (Wildman–Crippen LogP) is 0.866. The number of para-hydroxylation sites is 1. The average Bonchev–Trinajstić information content (AvgIpc) is 2.85. The summed E-state index contributed by atoms with van der Waals surface area (Å²) in [5, 5.41) is 13.0. The van der Waals surface area contributed by atoms with Gasteiger partial charge in [0.2, 0.25) is 0 Å². The topological polar surface area (TPSA) is 74.8 Å². The zero-order valence-electron chi connectivity index (χ0n) is 8.79. The molecule has 1 heterocycles. The van der Waals surface area contributed by atoms with Crippen LogP contribution in [0.25, 0.3) is 0 Å². The van der Waals surface area contributed by atoms with E-state index in [1.807, 2.05) is 37.3 Å². The molecule has 6 nitrogen and oxygen atoms in total. The van der Waals surface area contributed by atoms with Crippen LogP contribution in [0.1, 0.15) is 17.5 Å². The van der Waals surface area contributed by atoms with Crippen LogP contribution in [0.5, 0.6) is 0 Å². The highest BCUT2D eigenvalue weighted by molar-refractivity contribution is 6.03. The number of benzene rings is 1. The van der Waals surface area contributed by atoms with E-state index in [2.05, 4.69) is 20.6 Å². The number of hydrogen-bond acceptors (Lipinski definition) is 4. The molecule has 1 amide bonds. The number of nitrogens with zero attached hydrogens (tertiary/aromatic N) is 4. The summed E-state index contributed by atoms with van der Waals surface area (Å²) in [5.41, 5.74) is 0.819. The molecule has 1 aromatic carbocycles. The SMILES string of the molecule is CCN(C(=O)c1nn[nH]n1)c1ccccc1. The van der Waals surface area contributed by atoms with Crippen LogP contribution in [0.15, 0.2) is 30.3 Å². The summed E-state index contributed by atoms with van der Waals surface area (Å²) in [6.07, 6.45) is 0. The molecule has 6 heteroatoms. The van der Waals surface area contributed by atoms with E-state index in [0.717, 1.165) is 5.69 Å². The molecule has 1 N–H and O–H groups in total. The maximum absolute atomic E-state index is 12.0. The number of aromatic amines is 1. The van der Waals surface area contributed by atoms with Crippen LogP contribution in [-0.4, -0.2) is 33.1 Å². The van der Waals surface area contributed by atoms with Gasteiger partial charge in [-0.05, 0) is 24.3 Å². The fourth-order valence-corrected chi connectivity index (χ4v) is 1.42. The van der Waals surface area contributed by atoms with Crippen molar-refractivity contribution < 1.29 is 4.79 Å². The number of aromatic nitrogens is 4. The lowest BCUT2D eigenvalue weighted by Crippen LogP contribution is -2.31. The second-order valence-corrected chi connectivity index (χ2v) is 3.12. The summed E-state index contributed by atoms with van der Waals surface area (Å²) in [7, 11) is 0. The molecule has 82 valence electrons. The van der Waals surface area contributed by atoms with Crippen LogP contribution in [0.2, 0.25) is 0 Å². The van der Waals surface area contributed by atoms with Crippen LogP contribution in [0.3, 0.4) is 0 Å². The van der Waals surface area contributed by atoms with Crippen LogP contribution in [-0.2, 0) is 0 Å². The lowest BCUT2D eigenvalue weighted by Gasteiger charge is -2.18. The third-order valence-corrected chi connectivity index (χ3v) is 2.17. The first kappa shape index (κ1) is 10.3. The smallest absolute Gasteiger partial charge is 0.299 e. The van der Waals surface area contributed by atoms with E-state index >= 15 is 0 Å². The van der Waals surface area contributed by atoms with E-state index in [1.54, 1.807) is 4.90 Å². The minimum absolute atomic E-state index is 0.0747. The number of anilines is 1. The fraction of sp³-hybridized carbons (Fsp3) is 0.200. The quantitative estimate of drug-likeness (QED) is 0.827. The molecule has 0 unspecified atom stereocenters. The molecule has 0 aliphatic heterocycles. The van der Waals surface area contributed by atoms with Gasteiger partial charge in [0.05, 0.1) is 0 Å². The average molecular weight is 217 g/mol. The van der Waals surface area contributed by atoms with Crippen molar-refractivity contribution in [2.75, 3.05) is 11.4 Å². The molecular weight excluding hydrogens is 206 g/mol. The molecule has 0 fully saturated rings. The summed E-state index contributed by atoms with van der Waals surface area (Å²) in [5.74, 6) is -0.187. The van der Waals surface area contributed by atoms with Crippen molar-refractivity contribution in [3.8, 4) is 0 Å². The molecule has 0 saturated carbocycles. The van der Waals surface area contributed by atoms with Gasteiger partial charge in [-0.15, -0.1) is 10.2 Å². The number of tetrazole rings is 1. The van der Waals surface area contributed by atoms with E-state index in [1.165, 1.54) is 0 Å². The normalized spacial score (nSPS) is 10.1. The Labute approximate surface area is 92.3 Å². The molecule has 0 bridgehead atoms. The van der Waals surface area contributed by atoms with Crippen LogP contribution >= 0.6 is 0 Å². The van der Waals surface area contributed by atoms with Crippen molar-refractivity contribution >= 4 is 11.6 Å². The maximum Gasteiger partial charge on any atom is 0.299 e. The minimum atomic E-state index is -0.262. The zero-order chi connectivity index (χ0) is 11.4. The molecule has 0 saturated heterocycles. The lowest BCUT2D eigenvalue weighted by atomic mass is 10.3. The van der Waals surface area contributed by atoms with Crippen LogP contribution < -0.4 is 4.90 Å². The number of nitrogens with one attached hydrogen (secondary N) is 1. The van der Waals surface area contributed by atoms with Crippen molar-refractivity contribution in [3.63, 3.8) is 0 Å². The summed E-state index contributed by atoms with van der Waals surface area (Å²) >= 11 is 0. The first-order valence-corrected chi connectivity index (χ1v) is 4.93. The Kier molecular flexibility index (Phi) is 2.90. The Hall–Kier alpha value is -2.24.